The first-order valence-corrected chi connectivity index (χ1v) is 10.4. The predicted molar refractivity (Wildman–Crippen MR) is 110 cm³/mol. The van der Waals surface area contributed by atoms with Gasteiger partial charge in [0, 0.05) is 23.3 Å². The summed E-state index contributed by atoms with van der Waals surface area (Å²) in [5.41, 5.74) is 1.51. The van der Waals surface area contributed by atoms with Gasteiger partial charge in [0.25, 0.3) is 5.56 Å². The molecule has 0 fully saturated rings. The lowest BCUT2D eigenvalue weighted by Gasteiger charge is -2.15. The van der Waals surface area contributed by atoms with Crippen LogP contribution in [-0.4, -0.2) is 30.0 Å². The monoisotopic (exact) mass is 421 g/mol. The molecule has 28 heavy (non-hydrogen) atoms. The Kier molecular flexibility index (Phi) is 5.42. The van der Waals surface area contributed by atoms with Crippen LogP contribution in [0.1, 0.15) is 25.5 Å². The van der Waals surface area contributed by atoms with E-state index >= 15 is 0 Å². The zero-order chi connectivity index (χ0) is 20.6. The molecule has 0 amide bonds. The third-order valence-electron chi connectivity index (χ3n) is 4.27. The van der Waals surface area contributed by atoms with E-state index in [4.69, 9.17) is 11.6 Å². The van der Waals surface area contributed by atoms with Crippen LogP contribution in [0.3, 0.4) is 0 Å². The van der Waals surface area contributed by atoms with Crippen molar-refractivity contribution in [2.45, 2.75) is 31.7 Å². The molecule has 8 nitrogen and oxygen atoms in total. The van der Waals surface area contributed by atoms with Gasteiger partial charge >= 0.3 is 0 Å². The van der Waals surface area contributed by atoms with E-state index in [-0.39, 0.29) is 27.5 Å². The van der Waals surface area contributed by atoms with Gasteiger partial charge in [-0.25, -0.2) is 18.1 Å². The molecule has 2 aromatic heterocycles. The normalized spacial score (nSPS) is 11.9. The van der Waals surface area contributed by atoms with Gasteiger partial charge in [0.1, 0.15) is 10.7 Å². The first kappa shape index (κ1) is 20.2. The molecule has 3 aromatic rings. The fraction of sp³-hybridized carbons (Fsp3) is 0.278. The smallest absolute Gasteiger partial charge is 0.271 e. The molecule has 2 N–H and O–H groups in total. The number of hydrogen-bond donors (Lipinski definition) is 2. The number of nitrogens with one attached hydrogen (secondary N) is 2. The molecule has 148 valence electrons. The van der Waals surface area contributed by atoms with E-state index in [0.29, 0.717) is 22.3 Å². The average Bonchev–Trinajstić information content (AvgIpc) is 2.64. The number of benzene rings is 1. The minimum atomic E-state index is -3.52. The van der Waals surface area contributed by atoms with E-state index in [1.54, 1.807) is 31.3 Å². The van der Waals surface area contributed by atoms with E-state index < -0.39 is 10.0 Å². The van der Waals surface area contributed by atoms with Crippen molar-refractivity contribution in [2.24, 2.45) is 0 Å². The first-order chi connectivity index (χ1) is 13.1. The molecule has 0 saturated carbocycles. The van der Waals surface area contributed by atoms with E-state index in [0.717, 1.165) is 0 Å². The largest absolute Gasteiger partial charge is 0.324 e. The Labute approximate surface area is 167 Å². The molecule has 0 aliphatic rings. The van der Waals surface area contributed by atoms with Crippen molar-refractivity contribution >= 4 is 44.3 Å². The molecule has 0 spiro atoms. The number of fused-ring (bicyclic) bond motifs is 1. The highest BCUT2D eigenvalue weighted by Crippen LogP contribution is 2.24. The maximum atomic E-state index is 12.4. The summed E-state index contributed by atoms with van der Waals surface area (Å²) in [6.07, 6.45) is 1.59. The molecule has 0 radical (unpaired) electrons. The van der Waals surface area contributed by atoms with Crippen LogP contribution in [0.4, 0.5) is 11.6 Å². The Morgan fingerprint density at radius 3 is 2.54 bits per heavy atom. The van der Waals surface area contributed by atoms with E-state index in [9.17, 15) is 13.2 Å². The van der Waals surface area contributed by atoms with Crippen molar-refractivity contribution in [2.75, 3.05) is 12.4 Å². The molecular weight excluding hydrogens is 402 g/mol. The second-order valence-corrected chi connectivity index (χ2v) is 8.84. The summed E-state index contributed by atoms with van der Waals surface area (Å²) in [4.78, 5) is 21.3. The number of sulfonamides is 1. The highest BCUT2D eigenvalue weighted by molar-refractivity contribution is 7.89. The average molecular weight is 422 g/mol. The molecule has 0 saturated heterocycles. The van der Waals surface area contributed by atoms with Crippen LogP contribution in [-0.2, 0) is 10.0 Å². The summed E-state index contributed by atoms with van der Waals surface area (Å²) in [7, 11) is -2.16. The Hall–Kier alpha value is -2.49. The zero-order valence-electron chi connectivity index (χ0n) is 15.8. The van der Waals surface area contributed by atoms with Gasteiger partial charge in [0.15, 0.2) is 0 Å². The topological polar surface area (TPSA) is 106 Å². The van der Waals surface area contributed by atoms with Gasteiger partial charge in [0.2, 0.25) is 16.0 Å². The summed E-state index contributed by atoms with van der Waals surface area (Å²) in [5, 5.41) is 3.84. The van der Waals surface area contributed by atoms with Crippen LogP contribution >= 0.6 is 11.6 Å². The number of aryl methyl sites for hydroxylation is 1. The van der Waals surface area contributed by atoms with Crippen molar-refractivity contribution in [3.8, 4) is 0 Å². The highest BCUT2D eigenvalue weighted by atomic mass is 35.5. The molecule has 10 heteroatoms. The van der Waals surface area contributed by atoms with Gasteiger partial charge in [-0.05, 0) is 57.6 Å². The van der Waals surface area contributed by atoms with Crippen molar-refractivity contribution in [3.63, 3.8) is 0 Å². The van der Waals surface area contributed by atoms with Gasteiger partial charge in [0.05, 0.1) is 4.90 Å². The fourth-order valence-electron chi connectivity index (χ4n) is 2.81. The number of pyridine rings is 1. The lowest BCUT2D eigenvalue weighted by atomic mass is 10.2. The Bertz CT molecular complexity index is 1220. The molecule has 1 aromatic carbocycles. The second kappa shape index (κ2) is 7.50. The Balaban J connectivity index is 2.05. The number of halogens is 1. The maximum absolute atomic E-state index is 12.4. The molecule has 0 aliphatic carbocycles. The molecular formula is C18H20ClN5O3S. The lowest BCUT2D eigenvalue weighted by Crippen LogP contribution is -2.23. The van der Waals surface area contributed by atoms with Crippen molar-refractivity contribution in [1.82, 2.24) is 19.3 Å². The van der Waals surface area contributed by atoms with Crippen molar-refractivity contribution < 1.29 is 8.42 Å². The van der Waals surface area contributed by atoms with Crippen LogP contribution in [0.15, 0.2) is 40.2 Å². The van der Waals surface area contributed by atoms with E-state index in [1.165, 1.54) is 17.7 Å². The molecule has 0 unspecified atom stereocenters. The maximum Gasteiger partial charge on any atom is 0.271 e. The SMILES string of the molecule is CNS(=O)(=O)c1ccc(Nc2ncc3cc(Cl)c(=O)n(C(C)C)c3n2)c(C)c1. The lowest BCUT2D eigenvalue weighted by molar-refractivity contribution is 0.588. The van der Waals surface area contributed by atoms with Crippen molar-refractivity contribution in [3.05, 3.63) is 51.4 Å². The fourth-order valence-corrected chi connectivity index (χ4v) is 3.83. The Morgan fingerprint density at radius 2 is 1.93 bits per heavy atom. The third kappa shape index (κ3) is 3.73. The van der Waals surface area contributed by atoms with Crippen LogP contribution in [0.2, 0.25) is 5.02 Å². The molecule has 0 atom stereocenters. The molecule has 3 rings (SSSR count). The van der Waals surface area contributed by atoms with E-state index in [1.807, 2.05) is 13.8 Å². The van der Waals surface area contributed by atoms with Gasteiger partial charge < -0.3 is 5.32 Å². The quantitative estimate of drug-likeness (QED) is 0.656. The summed E-state index contributed by atoms with van der Waals surface area (Å²) in [5.74, 6) is 0.288. The van der Waals surface area contributed by atoms with Gasteiger partial charge in [-0.2, -0.15) is 4.98 Å². The standard InChI is InChI=1S/C18H20ClN5O3S/c1-10(2)24-16-12(8-14(19)17(24)25)9-21-18(23-16)22-15-6-5-13(7-11(15)3)28(26,27)20-4/h5-10,20H,1-4H3,(H,21,22,23). The minimum absolute atomic E-state index is 0.114. The molecule has 0 bridgehead atoms. The molecule has 2 heterocycles. The number of nitrogens with zero attached hydrogens (tertiary/aromatic N) is 3. The molecule has 0 aliphatic heterocycles. The van der Waals surface area contributed by atoms with Crippen LogP contribution < -0.4 is 15.6 Å². The third-order valence-corrected chi connectivity index (χ3v) is 5.95. The number of anilines is 2. The van der Waals surface area contributed by atoms with Gasteiger partial charge in [-0.3, -0.25) is 9.36 Å². The van der Waals surface area contributed by atoms with Crippen LogP contribution in [0.5, 0.6) is 0 Å². The van der Waals surface area contributed by atoms with E-state index in [2.05, 4.69) is 20.0 Å². The predicted octanol–water partition coefficient (Wildman–Crippen LogP) is 2.99. The van der Waals surface area contributed by atoms with Crippen LogP contribution in [0, 0.1) is 6.92 Å². The number of hydrogen-bond acceptors (Lipinski definition) is 6. The zero-order valence-corrected chi connectivity index (χ0v) is 17.4. The minimum Gasteiger partial charge on any atom is -0.324 e. The van der Waals surface area contributed by atoms with Gasteiger partial charge in [-0.15, -0.1) is 0 Å². The summed E-state index contributed by atoms with van der Waals surface area (Å²) in [6.45, 7) is 5.52. The van der Waals surface area contributed by atoms with Gasteiger partial charge in [-0.1, -0.05) is 11.6 Å². The number of rotatable bonds is 5. The first-order valence-electron chi connectivity index (χ1n) is 8.53. The van der Waals surface area contributed by atoms with Crippen molar-refractivity contribution in [1.29, 1.82) is 0 Å². The number of aromatic nitrogens is 3. The Morgan fingerprint density at radius 1 is 1.21 bits per heavy atom. The second-order valence-electron chi connectivity index (χ2n) is 6.54. The van der Waals surface area contributed by atoms with Crippen LogP contribution in [0.25, 0.3) is 11.0 Å². The summed E-state index contributed by atoms with van der Waals surface area (Å²) < 4.78 is 27.7. The highest BCUT2D eigenvalue weighted by Gasteiger charge is 2.15. The summed E-state index contributed by atoms with van der Waals surface area (Å²) >= 11 is 6.03. The summed E-state index contributed by atoms with van der Waals surface area (Å²) in [6, 6.07) is 6.10.